The Morgan fingerprint density at radius 1 is 0.585 bits per heavy atom. The summed E-state index contributed by atoms with van der Waals surface area (Å²) in [4.78, 5) is 13.3. The van der Waals surface area contributed by atoms with E-state index in [0.29, 0.717) is 5.95 Å². The van der Waals surface area contributed by atoms with Crippen molar-refractivity contribution in [2.24, 2.45) is 0 Å². The molecule has 0 saturated heterocycles. The van der Waals surface area contributed by atoms with E-state index in [2.05, 4.69) is 185 Å². The summed E-state index contributed by atoms with van der Waals surface area (Å²) >= 11 is 1.83. The lowest BCUT2D eigenvalue weighted by Gasteiger charge is -2.32. The summed E-state index contributed by atoms with van der Waals surface area (Å²) in [7, 11) is 0. The highest BCUT2D eigenvalue weighted by Crippen LogP contribution is 2.43. The molecule has 7 aromatic carbocycles. The summed E-state index contributed by atoms with van der Waals surface area (Å²) in [5.74, 6) is 0.667. The maximum Gasteiger partial charge on any atom is 0.235 e. The van der Waals surface area contributed by atoms with Gasteiger partial charge in [-0.3, -0.25) is 4.57 Å². The van der Waals surface area contributed by atoms with Gasteiger partial charge in [0, 0.05) is 53.3 Å². The van der Waals surface area contributed by atoms with Crippen LogP contribution in [0.4, 0.5) is 11.4 Å². The summed E-state index contributed by atoms with van der Waals surface area (Å²) in [6.45, 7) is 0. The first kappa shape index (κ1) is 30.1. The lowest BCUT2D eigenvalue weighted by atomic mass is 10.0. The van der Waals surface area contributed by atoms with Crippen molar-refractivity contribution in [3.63, 3.8) is 0 Å². The van der Waals surface area contributed by atoms with Gasteiger partial charge in [-0.1, -0.05) is 127 Å². The number of anilines is 2. The van der Waals surface area contributed by atoms with Crippen LogP contribution in [0, 0.1) is 0 Å². The SMILES string of the molecule is C1=CCC(N(c2ccccc2)c2ccc3c(c2)c2c4ccccc4ccc2n3-c2nc(-c3cccc4c3sc3ccccc34)c3ccccc3n2)C=C1. The summed E-state index contributed by atoms with van der Waals surface area (Å²) in [5.41, 5.74) is 7.48. The van der Waals surface area contributed by atoms with Crippen LogP contribution >= 0.6 is 11.3 Å². The van der Waals surface area contributed by atoms with Crippen molar-refractivity contribution >= 4 is 86.4 Å². The van der Waals surface area contributed by atoms with Gasteiger partial charge in [0.1, 0.15) is 0 Å². The fraction of sp³-hybridized carbons (Fsp3) is 0.0417. The fourth-order valence-corrected chi connectivity index (χ4v) is 9.54. The average molecular weight is 697 g/mol. The first-order valence-corrected chi connectivity index (χ1v) is 18.9. The maximum atomic E-state index is 5.52. The van der Waals surface area contributed by atoms with Gasteiger partial charge < -0.3 is 4.90 Å². The van der Waals surface area contributed by atoms with Gasteiger partial charge in [-0.05, 0) is 65.7 Å². The van der Waals surface area contributed by atoms with Crippen LogP contribution in [-0.2, 0) is 0 Å². The van der Waals surface area contributed by atoms with Crippen LogP contribution in [0.3, 0.4) is 0 Å². The van der Waals surface area contributed by atoms with E-state index in [4.69, 9.17) is 9.97 Å². The van der Waals surface area contributed by atoms with Crippen LogP contribution in [0.1, 0.15) is 6.42 Å². The number of fused-ring (bicyclic) bond motifs is 9. The van der Waals surface area contributed by atoms with Crippen LogP contribution in [0.15, 0.2) is 176 Å². The molecule has 0 amide bonds. The number of benzene rings is 7. The van der Waals surface area contributed by atoms with Crippen molar-refractivity contribution in [3.8, 4) is 17.2 Å². The predicted molar refractivity (Wildman–Crippen MR) is 225 cm³/mol. The molecule has 0 aliphatic heterocycles. The molecule has 4 nitrogen and oxygen atoms in total. The lowest BCUT2D eigenvalue weighted by Crippen LogP contribution is -2.29. The van der Waals surface area contributed by atoms with E-state index >= 15 is 0 Å². The average Bonchev–Trinajstić information content (AvgIpc) is 3.77. The third-order valence-corrected chi connectivity index (χ3v) is 11.9. The van der Waals surface area contributed by atoms with E-state index in [9.17, 15) is 0 Å². The molecule has 0 fully saturated rings. The van der Waals surface area contributed by atoms with E-state index in [1.165, 1.54) is 47.4 Å². The molecule has 3 aromatic heterocycles. The van der Waals surface area contributed by atoms with E-state index in [1.54, 1.807) is 0 Å². The molecule has 0 radical (unpaired) electrons. The zero-order chi connectivity index (χ0) is 34.9. The minimum absolute atomic E-state index is 0.202. The van der Waals surface area contributed by atoms with Crippen molar-refractivity contribution in [2.75, 3.05) is 4.90 Å². The molecule has 11 rings (SSSR count). The Morgan fingerprint density at radius 3 is 2.25 bits per heavy atom. The fourth-order valence-electron chi connectivity index (χ4n) is 8.33. The standard InChI is InChI=1S/C48H32N4S/c1-3-15-32(16-4-1)51(33-17-5-2-6-18-33)34-27-29-42-40(30-34)45-35-19-8-7-14-31(35)26-28-43(45)52(42)48-49-41-24-11-9-21-38(41)46(50-48)39-23-13-22-37-36-20-10-12-25-44(36)53-47(37)39/h1-17,19-30,33H,18H2. The van der Waals surface area contributed by atoms with Crippen molar-refractivity contribution in [3.05, 3.63) is 176 Å². The third kappa shape index (κ3) is 4.74. The van der Waals surface area contributed by atoms with Gasteiger partial charge >= 0.3 is 0 Å². The Hall–Kier alpha value is -6.56. The molecule has 53 heavy (non-hydrogen) atoms. The van der Waals surface area contributed by atoms with E-state index in [0.717, 1.165) is 45.3 Å². The number of hydrogen-bond donors (Lipinski definition) is 0. The van der Waals surface area contributed by atoms with Gasteiger partial charge in [-0.2, -0.15) is 0 Å². The number of para-hydroxylation sites is 2. The quantitative estimate of drug-likeness (QED) is 0.180. The first-order chi connectivity index (χ1) is 26.3. The number of nitrogens with zero attached hydrogens (tertiary/aromatic N) is 4. The predicted octanol–water partition coefficient (Wildman–Crippen LogP) is 12.9. The topological polar surface area (TPSA) is 34.0 Å². The molecule has 1 aliphatic rings. The minimum Gasteiger partial charge on any atom is -0.334 e. The Kier molecular flexibility index (Phi) is 6.82. The smallest absolute Gasteiger partial charge is 0.235 e. The largest absolute Gasteiger partial charge is 0.334 e. The van der Waals surface area contributed by atoms with E-state index in [1.807, 2.05) is 11.3 Å². The second kappa shape index (κ2) is 12.0. The van der Waals surface area contributed by atoms with Crippen molar-refractivity contribution in [1.29, 1.82) is 0 Å². The summed E-state index contributed by atoms with van der Waals surface area (Å²) < 4.78 is 4.80. The summed E-state index contributed by atoms with van der Waals surface area (Å²) in [6, 6.07) is 54.7. The zero-order valence-corrected chi connectivity index (χ0v) is 29.5. The van der Waals surface area contributed by atoms with E-state index in [-0.39, 0.29) is 6.04 Å². The highest BCUT2D eigenvalue weighted by atomic mass is 32.1. The van der Waals surface area contributed by atoms with Crippen molar-refractivity contribution in [2.45, 2.75) is 12.5 Å². The molecule has 0 bridgehead atoms. The first-order valence-electron chi connectivity index (χ1n) is 18.1. The van der Waals surface area contributed by atoms with Crippen LogP contribution in [0.5, 0.6) is 0 Å². The number of hydrogen-bond acceptors (Lipinski definition) is 4. The van der Waals surface area contributed by atoms with Crippen LogP contribution in [0.2, 0.25) is 0 Å². The molecule has 1 unspecified atom stereocenters. The molecule has 250 valence electrons. The highest BCUT2D eigenvalue weighted by molar-refractivity contribution is 7.26. The Morgan fingerprint density at radius 2 is 1.36 bits per heavy atom. The number of allylic oxidation sites excluding steroid dienone is 2. The molecule has 0 spiro atoms. The van der Waals surface area contributed by atoms with Crippen molar-refractivity contribution in [1.82, 2.24) is 14.5 Å². The monoisotopic (exact) mass is 696 g/mol. The lowest BCUT2D eigenvalue weighted by molar-refractivity contribution is 0.785. The van der Waals surface area contributed by atoms with Gasteiger partial charge in [0.25, 0.3) is 0 Å². The molecule has 5 heteroatoms. The Balaban J connectivity index is 1.20. The molecule has 1 aliphatic carbocycles. The van der Waals surface area contributed by atoms with Crippen LogP contribution in [0.25, 0.3) is 80.9 Å². The van der Waals surface area contributed by atoms with Gasteiger partial charge in [0.15, 0.2) is 0 Å². The Labute approximate surface area is 310 Å². The number of thiophene rings is 1. The van der Waals surface area contributed by atoms with Gasteiger partial charge in [-0.25, -0.2) is 9.97 Å². The molecule has 0 saturated carbocycles. The number of aromatic nitrogens is 3. The van der Waals surface area contributed by atoms with Crippen LogP contribution in [-0.4, -0.2) is 20.6 Å². The maximum absolute atomic E-state index is 5.52. The molecule has 10 aromatic rings. The second-order valence-electron chi connectivity index (χ2n) is 13.7. The molecular formula is C48H32N4S. The molecular weight excluding hydrogens is 665 g/mol. The summed E-state index contributed by atoms with van der Waals surface area (Å²) in [6.07, 6.45) is 9.80. The number of rotatable bonds is 5. The van der Waals surface area contributed by atoms with E-state index < -0.39 is 0 Å². The third-order valence-electron chi connectivity index (χ3n) is 10.7. The Bertz CT molecular complexity index is 3110. The molecule has 0 N–H and O–H groups in total. The van der Waals surface area contributed by atoms with Crippen LogP contribution < -0.4 is 4.90 Å². The normalized spacial score (nSPS) is 14.4. The van der Waals surface area contributed by atoms with Gasteiger partial charge in [0.05, 0.1) is 28.3 Å². The minimum atomic E-state index is 0.202. The second-order valence-corrected chi connectivity index (χ2v) is 14.8. The van der Waals surface area contributed by atoms with Gasteiger partial charge in [0.2, 0.25) is 5.95 Å². The van der Waals surface area contributed by atoms with Gasteiger partial charge in [-0.15, -0.1) is 11.3 Å². The molecule has 1 atom stereocenters. The zero-order valence-electron chi connectivity index (χ0n) is 28.7. The highest BCUT2D eigenvalue weighted by Gasteiger charge is 2.24. The molecule has 3 heterocycles. The van der Waals surface area contributed by atoms with Crippen molar-refractivity contribution < 1.29 is 0 Å². The summed E-state index contributed by atoms with van der Waals surface area (Å²) in [5, 5.41) is 8.39.